The van der Waals surface area contributed by atoms with E-state index in [1.54, 1.807) is 31.2 Å². The molecule has 0 bridgehead atoms. The molecule has 0 aromatic heterocycles. The minimum absolute atomic E-state index is 0.105. The highest BCUT2D eigenvalue weighted by molar-refractivity contribution is 6.11. The summed E-state index contributed by atoms with van der Waals surface area (Å²) in [6.07, 6.45) is 2.02. The van der Waals surface area contributed by atoms with E-state index in [4.69, 9.17) is 14.2 Å². The fraction of sp³-hybridized carbons (Fsp3) is 0.421. The number of hydrogen-bond acceptors (Lipinski definition) is 6. The average Bonchev–Trinajstić information content (AvgIpc) is 3.18. The van der Waals surface area contributed by atoms with Gasteiger partial charge in [-0.2, -0.15) is 0 Å². The molecule has 1 aromatic carbocycles. The van der Waals surface area contributed by atoms with Crippen LogP contribution in [0.4, 0.5) is 0 Å². The van der Waals surface area contributed by atoms with Crippen molar-refractivity contribution >= 4 is 17.8 Å². The van der Waals surface area contributed by atoms with Gasteiger partial charge in [0.25, 0.3) is 0 Å². The Labute approximate surface area is 151 Å². The zero-order valence-corrected chi connectivity index (χ0v) is 15.0. The number of ether oxygens (including phenoxy) is 3. The van der Waals surface area contributed by atoms with Crippen LogP contribution >= 0.6 is 0 Å². The molecule has 7 heteroatoms. The van der Waals surface area contributed by atoms with Gasteiger partial charge in [-0.15, -0.1) is 0 Å². The minimum atomic E-state index is -0.742. The number of benzene rings is 1. The molecule has 1 aliphatic heterocycles. The summed E-state index contributed by atoms with van der Waals surface area (Å²) in [6.45, 7) is 2.03. The quantitative estimate of drug-likeness (QED) is 0.568. The zero-order chi connectivity index (χ0) is 18.8. The number of hydrogen-bond donors (Lipinski definition) is 0. The molecule has 1 fully saturated rings. The van der Waals surface area contributed by atoms with Crippen molar-refractivity contribution in [3.63, 3.8) is 0 Å². The molecule has 0 radical (unpaired) electrons. The first-order chi connectivity index (χ1) is 12.5. The molecule has 3 rings (SSSR count). The summed E-state index contributed by atoms with van der Waals surface area (Å²) in [6, 6.07) is 5.21. The van der Waals surface area contributed by atoms with E-state index in [1.807, 2.05) is 0 Å². The molecule has 0 N–H and O–H groups in total. The highest BCUT2D eigenvalue weighted by Crippen LogP contribution is 2.41. The molecular weight excluding hydrogens is 338 g/mol. The van der Waals surface area contributed by atoms with Crippen LogP contribution in [0.5, 0.6) is 11.5 Å². The second-order valence-electron chi connectivity index (χ2n) is 6.18. The summed E-state index contributed by atoms with van der Waals surface area (Å²) >= 11 is 0. The second kappa shape index (κ2) is 7.19. The molecule has 2 atom stereocenters. The fourth-order valence-electron chi connectivity index (χ4n) is 3.48. The van der Waals surface area contributed by atoms with Gasteiger partial charge in [-0.25, -0.2) is 4.79 Å². The van der Waals surface area contributed by atoms with Crippen LogP contribution in [0.3, 0.4) is 0 Å². The van der Waals surface area contributed by atoms with Crippen molar-refractivity contribution in [1.29, 1.82) is 0 Å². The number of rotatable bonds is 6. The summed E-state index contributed by atoms with van der Waals surface area (Å²) in [5.74, 6) is -1.26. The number of imide groups is 1. The average molecular weight is 359 g/mol. The Morgan fingerprint density at radius 3 is 2.35 bits per heavy atom. The molecule has 7 nitrogen and oxygen atoms in total. The fourth-order valence-corrected chi connectivity index (χ4v) is 3.48. The molecule has 2 amide bonds. The number of fused-ring (bicyclic) bond motifs is 1. The number of esters is 1. The van der Waals surface area contributed by atoms with E-state index < -0.39 is 17.8 Å². The first-order valence-corrected chi connectivity index (χ1v) is 8.44. The van der Waals surface area contributed by atoms with Crippen molar-refractivity contribution in [1.82, 2.24) is 4.90 Å². The molecule has 2 aliphatic rings. The summed E-state index contributed by atoms with van der Waals surface area (Å²) in [5.41, 5.74) is 1.01. The first kappa shape index (κ1) is 18.0. The molecule has 1 aliphatic carbocycles. The van der Waals surface area contributed by atoms with Crippen LogP contribution in [0.2, 0.25) is 0 Å². The van der Waals surface area contributed by atoms with E-state index in [0.717, 1.165) is 0 Å². The van der Waals surface area contributed by atoms with Crippen LogP contribution in [0.1, 0.15) is 18.9 Å². The van der Waals surface area contributed by atoms with Crippen LogP contribution in [0.25, 0.3) is 0 Å². The number of methoxy groups -OCH3 is 2. The van der Waals surface area contributed by atoms with Crippen molar-refractivity contribution in [2.45, 2.75) is 19.9 Å². The van der Waals surface area contributed by atoms with Gasteiger partial charge in [0.05, 0.1) is 39.2 Å². The summed E-state index contributed by atoms with van der Waals surface area (Å²) in [5, 5.41) is 0. The molecule has 1 heterocycles. The van der Waals surface area contributed by atoms with Gasteiger partial charge in [-0.1, -0.05) is 6.08 Å². The van der Waals surface area contributed by atoms with Gasteiger partial charge in [-0.05, 0) is 31.0 Å². The van der Waals surface area contributed by atoms with Crippen molar-refractivity contribution in [3.8, 4) is 11.5 Å². The molecule has 26 heavy (non-hydrogen) atoms. The number of amides is 2. The lowest BCUT2D eigenvalue weighted by Gasteiger charge is -2.17. The lowest BCUT2D eigenvalue weighted by molar-refractivity contribution is -0.143. The van der Waals surface area contributed by atoms with E-state index in [-0.39, 0.29) is 25.0 Å². The third kappa shape index (κ3) is 3.05. The van der Waals surface area contributed by atoms with E-state index in [2.05, 4.69) is 0 Å². The Kier molecular flexibility index (Phi) is 4.97. The molecule has 0 unspecified atom stereocenters. The molecule has 0 saturated carbocycles. The van der Waals surface area contributed by atoms with E-state index in [9.17, 15) is 14.4 Å². The minimum Gasteiger partial charge on any atom is -0.497 e. The zero-order valence-electron chi connectivity index (χ0n) is 15.0. The molecule has 1 aromatic rings. The summed E-state index contributed by atoms with van der Waals surface area (Å²) in [7, 11) is 3.07. The largest absolute Gasteiger partial charge is 0.497 e. The smallest absolute Gasteiger partial charge is 0.334 e. The molecule has 1 saturated heterocycles. The maximum atomic E-state index is 12.8. The first-order valence-electron chi connectivity index (χ1n) is 8.44. The van der Waals surface area contributed by atoms with Crippen molar-refractivity contribution in [2.75, 3.05) is 20.8 Å². The Hall–Kier alpha value is -2.83. The Morgan fingerprint density at radius 1 is 1.12 bits per heavy atom. The van der Waals surface area contributed by atoms with Gasteiger partial charge >= 0.3 is 5.97 Å². The van der Waals surface area contributed by atoms with Crippen LogP contribution in [0.15, 0.2) is 29.8 Å². The van der Waals surface area contributed by atoms with Gasteiger partial charge < -0.3 is 14.2 Å². The van der Waals surface area contributed by atoms with Gasteiger partial charge in [0, 0.05) is 11.6 Å². The highest BCUT2D eigenvalue weighted by atomic mass is 16.5. The maximum absolute atomic E-state index is 12.8. The Balaban J connectivity index is 1.83. The number of nitrogens with zero attached hydrogens (tertiary/aromatic N) is 1. The third-order valence-corrected chi connectivity index (χ3v) is 4.71. The van der Waals surface area contributed by atoms with Crippen LogP contribution < -0.4 is 9.47 Å². The monoisotopic (exact) mass is 359 g/mol. The number of allylic oxidation sites excluding steroid dienone is 1. The van der Waals surface area contributed by atoms with Crippen molar-refractivity contribution < 1.29 is 28.6 Å². The van der Waals surface area contributed by atoms with E-state index in [1.165, 1.54) is 19.1 Å². The van der Waals surface area contributed by atoms with Gasteiger partial charge in [0.15, 0.2) is 0 Å². The molecule has 138 valence electrons. The summed E-state index contributed by atoms with van der Waals surface area (Å²) in [4.78, 5) is 38.8. The van der Waals surface area contributed by atoms with Gasteiger partial charge in [0.2, 0.25) is 11.8 Å². The van der Waals surface area contributed by atoms with E-state index >= 15 is 0 Å². The standard InChI is InChI=1S/C19H21NO6/c1-4-26-19(23)15-6-5-14-16(15)18(22)20(17(14)21)10-11-7-12(24-2)9-13(8-11)25-3/h6-9,14,16H,4-5,10H2,1-3H3/t14-,16-/m0/s1. The van der Waals surface area contributed by atoms with Gasteiger partial charge in [-0.3, -0.25) is 14.5 Å². The summed E-state index contributed by atoms with van der Waals surface area (Å²) < 4.78 is 15.5. The van der Waals surface area contributed by atoms with E-state index in [0.29, 0.717) is 29.1 Å². The second-order valence-corrected chi connectivity index (χ2v) is 6.18. The SMILES string of the molecule is CCOC(=O)C1=CC[C@@H]2C(=O)N(Cc3cc(OC)cc(OC)c3)C(=O)[C@H]12. The highest BCUT2D eigenvalue weighted by Gasteiger charge is 2.53. The molecular formula is C19H21NO6. The van der Waals surface area contributed by atoms with Crippen LogP contribution in [0, 0.1) is 11.8 Å². The lowest BCUT2D eigenvalue weighted by atomic mass is 9.94. The topological polar surface area (TPSA) is 82.1 Å². The lowest BCUT2D eigenvalue weighted by Crippen LogP contribution is -2.31. The number of carbonyl (C=O) groups is 3. The predicted molar refractivity (Wildman–Crippen MR) is 91.4 cm³/mol. The molecule has 0 spiro atoms. The van der Waals surface area contributed by atoms with Gasteiger partial charge in [0.1, 0.15) is 11.5 Å². The Morgan fingerprint density at radius 2 is 1.77 bits per heavy atom. The predicted octanol–water partition coefficient (Wildman–Crippen LogP) is 1.70. The van der Waals surface area contributed by atoms with Crippen LogP contribution in [-0.4, -0.2) is 43.5 Å². The third-order valence-electron chi connectivity index (χ3n) is 4.71. The maximum Gasteiger partial charge on any atom is 0.334 e. The van der Waals surface area contributed by atoms with Crippen LogP contribution in [-0.2, 0) is 25.7 Å². The van der Waals surface area contributed by atoms with Crippen molar-refractivity contribution in [2.24, 2.45) is 11.8 Å². The van der Waals surface area contributed by atoms with Crippen molar-refractivity contribution in [3.05, 3.63) is 35.4 Å². The number of carbonyl (C=O) groups excluding carboxylic acids is 3. The normalized spacial score (nSPS) is 21.5. The number of likely N-dealkylation sites (tertiary alicyclic amines) is 1. The Bertz CT molecular complexity index is 762.